The summed E-state index contributed by atoms with van der Waals surface area (Å²) in [7, 11) is 1.65. The van der Waals surface area contributed by atoms with E-state index in [4.69, 9.17) is 0 Å². The first kappa shape index (κ1) is 19.3. The Labute approximate surface area is 149 Å². The molecule has 2 amide bonds. The minimum atomic E-state index is -0.718. The van der Waals surface area contributed by atoms with Gasteiger partial charge < -0.3 is 25.0 Å². The molecule has 0 saturated heterocycles. The molecule has 2 rings (SSSR count). The van der Waals surface area contributed by atoms with Crippen LogP contribution in [0.1, 0.15) is 20.8 Å². The van der Waals surface area contributed by atoms with Crippen molar-refractivity contribution in [3.63, 3.8) is 0 Å². The third-order valence-corrected chi connectivity index (χ3v) is 4.31. The predicted octanol–water partition coefficient (Wildman–Crippen LogP) is 2.75. The Balaban J connectivity index is 2.08. The number of carbonyl (C=O) groups is 1. The van der Waals surface area contributed by atoms with E-state index in [0.717, 1.165) is 23.1 Å². The zero-order valence-corrected chi connectivity index (χ0v) is 15.5. The lowest BCUT2D eigenvalue weighted by molar-refractivity contribution is 0.0509. The van der Waals surface area contributed by atoms with E-state index < -0.39 is 5.41 Å². The molecule has 0 spiro atoms. The lowest BCUT2D eigenvalue weighted by Gasteiger charge is -2.30. The van der Waals surface area contributed by atoms with Gasteiger partial charge in [0.25, 0.3) is 0 Å². The number of nitrogens with zero attached hydrogens (tertiary/aromatic N) is 2. The largest absolute Gasteiger partial charge is 0.396 e. The molecule has 0 unspecified atom stereocenters. The Morgan fingerprint density at radius 3 is 2.56 bits per heavy atom. The monoisotopic (exact) mass is 347 g/mol. The number of hydrogen-bond acceptors (Lipinski definition) is 3. The van der Waals surface area contributed by atoms with E-state index in [2.05, 4.69) is 29.9 Å². The van der Waals surface area contributed by atoms with Crippen molar-refractivity contribution in [1.29, 1.82) is 0 Å². The highest BCUT2D eigenvalue weighted by Gasteiger charge is 2.26. The average Bonchev–Trinajstić information content (AvgIpc) is 2.96. The number of amides is 2. The van der Waals surface area contributed by atoms with Crippen molar-refractivity contribution in [2.75, 3.05) is 32.1 Å². The zero-order chi connectivity index (χ0) is 18.6. The van der Waals surface area contributed by atoms with E-state index >= 15 is 0 Å². The highest BCUT2D eigenvalue weighted by Crippen LogP contribution is 2.22. The molecule has 0 fully saturated rings. The first-order valence-corrected chi connectivity index (χ1v) is 8.61. The summed E-state index contributed by atoms with van der Waals surface area (Å²) >= 11 is 0. The SMILES string of the molecule is CC(C)Cn1ccc2cc(NC(=O)N(C)CC(C)(CO)CO)ccc21. The van der Waals surface area contributed by atoms with Gasteiger partial charge in [0, 0.05) is 48.3 Å². The molecule has 25 heavy (non-hydrogen) atoms. The second-order valence-corrected chi connectivity index (χ2v) is 7.55. The van der Waals surface area contributed by atoms with Crippen molar-refractivity contribution in [2.45, 2.75) is 27.3 Å². The van der Waals surface area contributed by atoms with Gasteiger partial charge in [-0.2, -0.15) is 0 Å². The van der Waals surface area contributed by atoms with E-state index in [0.29, 0.717) is 5.92 Å². The molecule has 1 heterocycles. The van der Waals surface area contributed by atoms with Crippen LogP contribution in [-0.4, -0.2) is 52.5 Å². The van der Waals surface area contributed by atoms with Gasteiger partial charge in [-0.3, -0.25) is 0 Å². The molecule has 138 valence electrons. The number of aromatic nitrogens is 1. The van der Waals surface area contributed by atoms with Crippen molar-refractivity contribution in [3.8, 4) is 0 Å². The van der Waals surface area contributed by atoms with Crippen LogP contribution >= 0.6 is 0 Å². The molecule has 0 radical (unpaired) electrons. The normalized spacial score (nSPS) is 12.0. The fourth-order valence-corrected chi connectivity index (χ4v) is 2.84. The Morgan fingerprint density at radius 1 is 1.28 bits per heavy atom. The first-order chi connectivity index (χ1) is 11.8. The van der Waals surface area contributed by atoms with Gasteiger partial charge in [-0.25, -0.2) is 4.79 Å². The molecular weight excluding hydrogens is 318 g/mol. The van der Waals surface area contributed by atoms with Crippen LogP contribution < -0.4 is 5.32 Å². The molecule has 0 aliphatic rings. The maximum atomic E-state index is 12.4. The number of nitrogens with one attached hydrogen (secondary N) is 1. The van der Waals surface area contributed by atoms with E-state index in [-0.39, 0.29) is 25.8 Å². The summed E-state index contributed by atoms with van der Waals surface area (Å²) in [6, 6.07) is 7.64. The Kier molecular flexibility index (Phi) is 6.08. The molecule has 3 N–H and O–H groups in total. The van der Waals surface area contributed by atoms with Crippen LogP contribution in [0.2, 0.25) is 0 Å². The van der Waals surface area contributed by atoms with Gasteiger partial charge in [0.2, 0.25) is 0 Å². The summed E-state index contributed by atoms with van der Waals surface area (Å²) in [4.78, 5) is 13.8. The molecule has 0 aliphatic heterocycles. The van der Waals surface area contributed by atoms with Crippen LogP contribution in [0.25, 0.3) is 10.9 Å². The van der Waals surface area contributed by atoms with Crippen LogP contribution in [0, 0.1) is 11.3 Å². The smallest absolute Gasteiger partial charge is 0.321 e. The Bertz CT molecular complexity index is 720. The molecule has 0 aliphatic carbocycles. The van der Waals surface area contributed by atoms with E-state index in [1.165, 1.54) is 4.90 Å². The molecule has 2 aromatic rings. The molecular formula is C19H29N3O3. The summed E-state index contributed by atoms with van der Waals surface area (Å²) in [5.74, 6) is 0.566. The number of rotatable bonds is 7. The third kappa shape index (κ3) is 4.74. The van der Waals surface area contributed by atoms with Gasteiger partial charge in [0.05, 0.1) is 13.2 Å². The minimum Gasteiger partial charge on any atom is -0.396 e. The van der Waals surface area contributed by atoms with Crippen LogP contribution in [-0.2, 0) is 6.54 Å². The number of aliphatic hydroxyl groups is 2. The number of hydrogen-bond donors (Lipinski definition) is 3. The van der Waals surface area contributed by atoms with Crippen molar-refractivity contribution in [1.82, 2.24) is 9.47 Å². The standard InChI is InChI=1S/C19H29N3O3/c1-14(2)10-22-8-7-15-9-16(5-6-17(15)22)20-18(25)21(4)11-19(3,12-23)13-24/h5-9,14,23-24H,10-13H2,1-4H3,(H,20,25). The molecule has 0 saturated carbocycles. The van der Waals surface area contributed by atoms with Crippen molar-refractivity contribution in [3.05, 3.63) is 30.5 Å². The molecule has 1 aromatic carbocycles. The number of benzene rings is 1. The van der Waals surface area contributed by atoms with E-state index in [9.17, 15) is 15.0 Å². The summed E-state index contributed by atoms with van der Waals surface area (Å²) in [5, 5.41) is 22.7. The molecule has 0 bridgehead atoms. The van der Waals surface area contributed by atoms with Gasteiger partial charge in [-0.05, 0) is 30.2 Å². The molecule has 6 nitrogen and oxygen atoms in total. The Hall–Kier alpha value is -2.05. The van der Waals surface area contributed by atoms with E-state index in [1.807, 2.05) is 24.3 Å². The number of anilines is 1. The fraction of sp³-hybridized carbons (Fsp3) is 0.526. The maximum Gasteiger partial charge on any atom is 0.321 e. The predicted molar refractivity (Wildman–Crippen MR) is 101 cm³/mol. The first-order valence-electron chi connectivity index (χ1n) is 8.61. The number of urea groups is 1. The van der Waals surface area contributed by atoms with Crippen LogP contribution in [0.4, 0.5) is 10.5 Å². The summed E-state index contributed by atoms with van der Waals surface area (Å²) in [6.45, 7) is 6.95. The van der Waals surface area contributed by atoms with Gasteiger partial charge in [0.15, 0.2) is 0 Å². The van der Waals surface area contributed by atoms with Gasteiger partial charge >= 0.3 is 6.03 Å². The van der Waals surface area contributed by atoms with E-state index in [1.54, 1.807) is 14.0 Å². The van der Waals surface area contributed by atoms with Gasteiger partial charge in [0.1, 0.15) is 0 Å². The van der Waals surface area contributed by atoms with Crippen molar-refractivity contribution in [2.24, 2.45) is 11.3 Å². The highest BCUT2D eigenvalue weighted by atomic mass is 16.3. The maximum absolute atomic E-state index is 12.4. The van der Waals surface area contributed by atoms with Gasteiger partial charge in [-0.15, -0.1) is 0 Å². The fourth-order valence-electron chi connectivity index (χ4n) is 2.84. The second-order valence-electron chi connectivity index (χ2n) is 7.55. The third-order valence-electron chi connectivity index (χ3n) is 4.31. The lowest BCUT2D eigenvalue weighted by atomic mass is 9.92. The molecule has 1 aromatic heterocycles. The molecule has 6 heteroatoms. The van der Waals surface area contributed by atoms with Crippen LogP contribution in [0.15, 0.2) is 30.5 Å². The minimum absolute atomic E-state index is 0.184. The number of carbonyl (C=O) groups excluding carboxylic acids is 1. The highest BCUT2D eigenvalue weighted by molar-refractivity contribution is 5.92. The summed E-state index contributed by atoms with van der Waals surface area (Å²) in [6.07, 6.45) is 2.07. The van der Waals surface area contributed by atoms with Crippen LogP contribution in [0.5, 0.6) is 0 Å². The zero-order valence-electron chi connectivity index (χ0n) is 15.5. The van der Waals surface area contributed by atoms with Crippen LogP contribution in [0.3, 0.4) is 0 Å². The summed E-state index contributed by atoms with van der Waals surface area (Å²) in [5.41, 5.74) is 1.15. The Morgan fingerprint density at radius 2 is 1.96 bits per heavy atom. The summed E-state index contributed by atoms with van der Waals surface area (Å²) < 4.78 is 2.21. The molecule has 0 atom stereocenters. The number of aliphatic hydroxyl groups excluding tert-OH is 2. The quantitative estimate of drug-likeness (QED) is 0.721. The second kappa shape index (κ2) is 7.89. The van der Waals surface area contributed by atoms with Gasteiger partial charge in [-0.1, -0.05) is 20.8 Å². The lowest BCUT2D eigenvalue weighted by Crippen LogP contribution is -2.43. The average molecular weight is 347 g/mol. The topological polar surface area (TPSA) is 77.7 Å². The number of fused-ring (bicyclic) bond motifs is 1. The van der Waals surface area contributed by atoms with Crippen molar-refractivity contribution >= 4 is 22.6 Å². The van der Waals surface area contributed by atoms with Crippen molar-refractivity contribution < 1.29 is 15.0 Å².